The van der Waals surface area contributed by atoms with Gasteiger partial charge in [0.25, 0.3) is 0 Å². The zero-order valence-electron chi connectivity index (χ0n) is 13.1. The molecule has 1 aromatic carbocycles. The molecular weight excluding hydrogens is 286 g/mol. The van der Waals surface area contributed by atoms with E-state index in [1.807, 2.05) is 41.5 Å². The third-order valence-corrected chi connectivity index (χ3v) is 4.48. The maximum Gasteiger partial charge on any atom is 0.123 e. The monoisotopic (exact) mass is 307 g/mol. The van der Waals surface area contributed by atoms with Gasteiger partial charge in [-0.3, -0.25) is 4.90 Å². The molecule has 0 spiro atoms. The van der Waals surface area contributed by atoms with Gasteiger partial charge in [-0.25, -0.2) is 9.67 Å². The van der Waals surface area contributed by atoms with Crippen LogP contribution in [0.1, 0.15) is 36.8 Å². The number of hydrogen-bond acceptors (Lipinski definition) is 3. The topological polar surface area (TPSA) is 49.7 Å². The maximum absolute atomic E-state index is 4.73. The lowest BCUT2D eigenvalue weighted by Gasteiger charge is -2.33. The Morgan fingerprint density at radius 2 is 2.04 bits per heavy atom. The van der Waals surface area contributed by atoms with Crippen molar-refractivity contribution in [1.29, 1.82) is 0 Å². The van der Waals surface area contributed by atoms with Gasteiger partial charge in [-0.05, 0) is 37.6 Å². The minimum atomic E-state index is 0.376. The number of likely N-dealkylation sites (tertiary alicyclic amines) is 1. The van der Waals surface area contributed by atoms with E-state index in [2.05, 4.69) is 33.1 Å². The smallest absolute Gasteiger partial charge is 0.123 e. The average Bonchev–Trinajstić information content (AvgIpc) is 3.28. The van der Waals surface area contributed by atoms with Crippen LogP contribution >= 0.6 is 0 Å². The predicted octanol–water partition coefficient (Wildman–Crippen LogP) is 3.32. The number of rotatable bonds is 4. The summed E-state index contributed by atoms with van der Waals surface area (Å²) in [5.74, 6) is 1.08. The lowest BCUT2D eigenvalue weighted by molar-refractivity contribution is 0.132. The van der Waals surface area contributed by atoms with Crippen LogP contribution in [0.4, 0.5) is 0 Å². The van der Waals surface area contributed by atoms with E-state index >= 15 is 0 Å². The van der Waals surface area contributed by atoms with Crippen LogP contribution in [0, 0.1) is 0 Å². The Morgan fingerprint density at radius 3 is 2.87 bits per heavy atom. The third-order valence-electron chi connectivity index (χ3n) is 4.48. The first-order valence-corrected chi connectivity index (χ1v) is 8.23. The molecule has 118 valence electrons. The van der Waals surface area contributed by atoms with Crippen LogP contribution in [-0.2, 0) is 6.54 Å². The van der Waals surface area contributed by atoms with Gasteiger partial charge in [0.1, 0.15) is 5.82 Å². The van der Waals surface area contributed by atoms with Crippen molar-refractivity contribution in [2.45, 2.75) is 31.8 Å². The number of piperidine rings is 1. The summed E-state index contributed by atoms with van der Waals surface area (Å²) in [6.07, 6.45) is 9.46. The number of para-hydroxylation sites is 1. The molecule has 0 unspecified atom stereocenters. The molecule has 2 aromatic heterocycles. The van der Waals surface area contributed by atoms with Gasteiger partial charge in [0.15, 0.2) is 0 Å². The van der Waals surface area contributed by atoms with Gasteiger partial charge in [0.2, 0.25) is 0 Å². The van der Waals surface area contributed by atoms with Crippen LogP contribution < -0.4 is 0 Å². The normalized spacial score (nSPS) is 19.0. The molecule has 0 bridgehead atoms. The molecule has 4 rings (SSSR count). The first-order valence-electron chi connectivity index (χ1n) is 8.23. The van der Waals surface area contributed by atoms with E-state index in [1.54, 1.807) is 0 Å². The van der Waals surface area contributed by atoms with Crippen molar-refractivity contribution in [3.05, 3.63) is 66.5 Å². The number of H-pyrrole nitrogens is 1. The largest absolute Gasteiger partial charge is 0.347 e. The van der Waals surface area contributed by atoms with Crippen molar-refractivity contribution >= 4 is 0 Å². The van der Waals surface area contributed by atoms with E-state index in [0.29, 0.717) is 6.04 Å². The summed E-state index contributed by atoms with van der Waals surface area (Å²) in [5.41, 5.74) is 2.20. The van der Waals surface area contributed by atoms with Crippen LogP contribution in [0.2, 0.25) is 0 Å². The molecule has 23 heavy (non-hydrogen) atoms. The predicted molar refractivity (Wildman–Crippen MR) is 89.2 cm³/mol. The molecule has 3 aromatic rings. The molecule has 0 amide bonds. The van der Waals surface area contributed by atoms with Crippen molar-refractivity contribution in [3.63, 3.8) is 0 Å². The van der Waals surface area contributed by atoms with Crippen molar-refractivity contribution in [2.75, 3.05) is 6.54 Å². The Morgan fingerprint density at radius 1 is 1.13 bits per heavy atom. The fraction of sp³-hybridized carbons (Fsp3) is 0.333. The van der Waals surface area contributed by atoms with Crippen molar-refractivity contribution in [3.8, 4) is 5.69 Å². The molecule has 5 nitrogen and oxygen atoms in total. The number of benzene rings is 1. The van der Waals surface area contributed by atoms with Gasteiger partial charge < -0.3 is 4.98 Å². The molecule has 0 aliphatic carbocycles. The van der Waals surface area contributed by atoms with Crippen LogP contribution in [0.15, 0.2) is 55.0 Å². The summed E-state index contributed by atoms with van der Waals surface area (Å²) < 4.78 is 1.95. The molecule has 1 fully saturated rings. The Hall–Kier alpha value is -2.40. The van der Waals surface area contributed by atoms with Crippen LogP contribution in [0.3, 0.4) is 0 Å². The van der Waals surface area contributed by atoms with Gasteiger partial charge >= 0.3 is 0 Å². The van der Waals surface area contributed by atoms with Crippen LogP contribution in [0.5, 0.6) is 0 Å². The van der Waals surface area contributed by atoms with Crippen molar-refractivity contribution in [2.24, 2.45) is 0 Å². The SMILES string of the molecule is c1ccc(-n2ccc(CN3CCCC[C@@H]3c3ncc[nH]3)n2)cc1. The van der Waals surface area contributed by atoms with Gasteiger partial charge in [-0.1, -0.05) is 24.6 Å². The second kappa shape index (κ2) is 6.38. The number of nitrogens with one attached hydrogen (secondary N) is 1. The van der Waals surface area contributed by atoms with E-state index in [9.17, 15) is 0 Å². The fourth-order valence-corrected chi connectivity index (χ4v) is 3.33. The van der Waals surface area contributed by atoms with E-state index in [-0.39, 0.29) is 0 Å². The highest BCUT2D eigenvalue weighted by Gasteiger charge is 2.26. The average molecular weight is 307 g/mol. The van der Waals surface area contributed by atoms with Crippen molar-refractivity contribution < 1.29 is 0 Å². The Bertz CT molecular complexity index is 732. The zero-order valence-corrected chi connectivity index (χ0v) is 13.1. The molecule has 1 atom stereocenters. The maximum atomic E-state index is 4.73. The molecular formula is C18H21N5. The number of imidazole rings is 1. The molecule has 0 saturated carbocycles. The third kappa shape index (κ3) is 3.05. The van der Waals surface area contributed by atoms with Crippen molar-refractivity contribution in [1.82, 2.24) is 24.6 Å². The molecule has 5 heteroatoms. The summed E-state index contributed by atoms with van der Waals surface area (Å²) in [7, 11) is 0. The summed E-state index contributed by atoms with van der Waals surface area (Å²) in [6.45, 7) is 1.97. The molecule has 1 N–H and O–H groups in total. The fourth-order valence-electron chi connectivity index (χ4n) is 3.33. The van der Waals surface area contributed by atoms with E-state index in [0.717, 1.165) is 36.7 Å². The number of nitrogens with zero attached hydrogens (tertiary/aromatic N) is 4. The first-order chi connectivity index (χ1) is 11.4. The summed E-state index contributed by atoms with van der Waals surface area (Å²) in [6, 6.07) is 12.7. The highest BCUT2D eigenvalue weighted by molar-refractivity contribution is 5.30. The Labute approximate surface area is 136 Å². The summed E-state index contributed by atoms with van der Waals surface area (Å²) in [4.78, 5) is 10.2. The minimum Gasteiger partial charge on any atom is -0.347 e. The quantitative estimate of drug-likeness (QED) is 0.804. The number of aromatic amines is 1. The summed E-state index contributed by atoms with van der Waals surface area (Å²) >= 11 is 0. The highest BCUT2D eigenvalue weighted by Crippen LogP contribution is 2.29. The van der Waals surface area contributed by atoms with Gasteiger partial charge in [0.05, 0.1) is 17.4 Å². The molecule has 1 aliphatic heterocycles. The molecule has 1 saturated heterocycles. The second-order valence-electron chi connectivity index (χ2n) is 6.04. The zero-order chi connectivity index (χ0) is 15.5. The van der Waals surface area contributed by atoms with Crippen LogP contribution in [0.25, 0.3) is 5.69 Å². The van der Waals surface area contributed by atoms with Crippen LogP contribution in [-0.4, -0.2) is 31.2 Å². The van der Waals surface area contributed by atoms with Gasteiger partial charge in [0, 0.05) is 25.1 Å². The first kappa shape index (κ1) is 14.2. The molecule has 0 radical (unpaired) electrons. The van der Waals surface area contributed by atoms with E-state index in [1.165, 1.54) is 12.8 Å². The van der Waals surface area contributed by atoms with E-state index < -0.39 is 0 Å². The highest BCUT2D eigenvalue weighted by atomic mass is 15.3. The lowest BCUT2D eigenvalue weighted by atomic mass is 10.0. The standard InChI is InChI=1S/C18H21N5/c1-2-6-16(7-3-1)23-13-9-15(21-23)14-22-12-5-4-8-17(22)18-19-10-11-20-18/h1-3,6-7,9-11,13,17H,4-5,8,12,14H2,(H,19,20)/t17-/m1/s1. The second-order valence-corrected chi connectivity index (χ2v) is 6.04. The minimum absolute atomic E-state index is 0.376. The van der Waals surface area contributed by atoms with Gasteiger partial charge in [-0.15, -0.1) is 0 Å². The molecule has 3 heterocycles. The van der Waals surface area contributed by atoms with Gasteiger partial charge in [-0.2, -0.15) is 5.10 Å². The summed E-state index contributed by atoms with van der Waals surface area (Å²) in [5, 5.41) is 4.73. The Balaban J connectivity index is 1.52. The van der Waals surface area contributed by atoms with E-state index in [4.69, 9.17) is 5.10 Å². The number of aromatic nitrogens is 4. The lowest BCUT2D eigenvalue weighted by Crippen LogP contribution is -2.33. The number of hydrogen-bond donors (Lipinski definition) is 1. The molecule has 1 aliphatic rings. The Kier molecular flexibility index (Phi) is 3.94.